The minimum Gasteiger partial charge on any atom is -0.478 e. The van der Waals surface area contributed by atoms with Crippen LogP contribution in [0, 0.1) is 28.7 Å². The van der Waals surface area contributed by atoms with Crippen LogP contribution in [0.2, 0.25) is 0 Å². The number of nitrogens with one attached hydrogen (secondary N) is 4. The standard InChI is InChI=1S/C21H19F2N5O3S.C16H21N3O4S.C16H20N2O5S.C15H18N2O5S.C13H12F2N4O/c1-24-19(29)12-6-16-18(7-12)32-20(26-16)31-15-9-27(10-15)21(30)28-17(2-3-25-28)11-4-13(22)8-14(23)5-11;1-16(2,3)23-15(21)19-7-10(8-19)22-14-18-11-5-9(13(20)17-4)6-12(11)24-14;1-16(2,3)23-15(20)18-7-10(8-18)22-14-17-11-5-9(13(19)21-4)6-12(11)24-14;1-15(2,3)22-14(20)17-6-9(7-17)21-13-16-10-4-8(12(18)19)5-11(10)23-13;14-10-5-9(6-11(15)7-10)12(1-2-16)18-13(20)19-4-3-17-8-19/h3-5,7-8,15,17H,2,6,9-10H2,1H3,(H,24,29);6,10H,5,7-8H2,1-4H3,(H,17,20);6,10H,5,7-8H2,1-4H3;5,9H,4,6-7H2,1-3H3,(H,18,19);2-8,12,16H,1H2,(H,18,20)/t17-;;;;12-/m0...0/s1. The molecule has 4 saturated heterocycles. The number of amides is 8. The Labute approximate surface area is 719 Å². The Balaban J connectivity index is 0.000000142. The maximum Gasteiger partial charge on any atom is 0.410 e. The number of esters is 1. The van der Waals surface area contributed by atoms with E-state index in [9.17, 15) is 60.7 Å². The normalized spacial score (nSPS) is 16.9. The first-order valence-electron chi connectivity index (χ1n) is 38.7. The van der Waals surface area contributed by atoms with Crippen molar-refractivity contribution in [2.24, 2.45) is 5.10 Å². The van der Waals surface area contributed by atoms with Crippen molar-refractivity contribution in [1.29, 1.82) is 5.41 Å². The highest BCUT2D eigenvalue weighted by Gasteiger charge is 2.43. The van der Waals surface area contributed by atoms with Crippen molar-refractivity contribution in [3.05, 3.63) is 154 Å². The molecule has 2 aromatic carbocycles. The number of hydrogen-bond donors (Lipinski definition) is 5. The van der Waals surface area contributed by atoms with Crippen LogP contribution in [0.3, 0.4) is 0 Å². The predicted octanol–water partition coefficient (Wildman–Crippen LogP) is 11.5. The van der Waals surface area contributed by atoms with E-state index < -0.39 is 64.2 Å². The number of halogens is 4. The molecule has 7 aromatic rings. The fraction of sp³-hybridized carbons (Fsp3) is 0.432. The molecule has 4 fully saturated rings. The monoisotopic (exact) mass is 1780 g/mol. The number of thiazole rings is 4. The summed E-state index contributed by atoms with van der Waals surface area (Å²) in [4.78, 5) is 137. The fourth-order valence-electron chi connectivity index (χ4n) is 12.9. The summed E-state index contributed by atoms with van der Waals surface area (Å²) in [6.45, 7) is 20.2. The van der Waals surface area contributed by atoms with Crippen molar-refractivity contribution in [3.63, 3.8) is 0 Å². The second-order valence-corrected chi connectivity index (χ2v) is 36.0. The van der Waals surface area contributed by atoms with Gasteiger partial charge in [0.25, 0.3) is 20.8 Å². The Morgan fingerprint density at radius 1 is 0.537 bits per heavy atom. The van der Waals surface area contributed by atoms with Gasteiger partial charge in [-0.25, -0.2) is 81.1 Å². The zero-order chi connectivity index (χ0) is 88.7. The van der Waals surface area contributed by atoms with E-state index in [0.29, 0.717) is 128 Å². The Morgan fingerprint density at radius 2 is 0.902 bits per heavy atom. The molecule has 0 bridgehead atoms. The quantitative estimate of drug-likeness (QED) is 0.0245. The molecule has 0 radical (unpaired) electrons. The van der Waals surface area contributed by atoms with Crippen LogP contribution in [0.5, 0.6) is 20.8 Å². The number of likely N-dealkylation sites (tertiary alicyclic amines) is 4. The number of nitrogens with zero attached hydrogens (tertiary/aromatic N) is 12. The van der Waals surface area contributed by atoms with Crippen molar-refractivity contribution in [2.75, 3.05) is 73.6 Å². The van der Waals surface area contributed by atoms with Gasteiger partial charge in [0.2, 0.25) is 11.8 Å². The van der Waals surface area contributed by atoms with Crippen molar-refractivity contribution >= 4 is 136 Å². The molecule has 34 nitrogen and oxygen atoms in total. The van der Waals surface area contributed by atoms with Crippen LogP contribution in [-0.4, -0.2) is 241 Å². The van der Waals surface area contributed by atoms with Crippen LogP contribution in [0.25, 0.3) is 24.3 Å². The Hall–Kier alpha value is -12.2. The number of carbonyl (C=O) groups is 9. The number of imidazole rings is 1. The van der Waals surface area contributed by atoms with Gasteiger partial charge in [-0.15, -0.1) is 0 Å². The molecular weight excluding hydrogens is 1690 g/mol. The molecular formula is C81H90F4N16O18S4. The van der Waals surface area contributed by atoms with Crippen LogP contribution in [0.15, 0.2) is 82.5 Å². The average molecular weight is 1780 g/mol. The lowest BCUT2D eigenvalue weighted by molar-refractivity contribution is -0.136. The van der Waals surface area contributed by atoms with Gasteiger partial charge in [-0.05, 0) is 128 Å². The summed E-state index contributed by atoms with van der Waals surface area (Å²) in [5.74, 6) is -4.27. The highest BCUT2D eigenvalue weighted by Crippen LogP contribution is 2.41. The number of ether oxygens (including phenoxy) is 8. The molecule has 0 unspecified atom stereocenters. The molecule has 42 heteroatoms. The summed E-state index contributed by atoms with van der Waals surface area (Å²) < 4.78 is 98.7. The third-order valence-corrected chi connectivity index (χ3v) is 22.6. The van der Waals surface area contributed by atoms with Gasteiger partial charge in [-0.2, -0.15) is 5.10 Å². The smallest absolute Gasteiger partial charge is 0.410 e. The maximum atomic E-state index is 13.6. The number of rotatable bonds is 17. The van der Waals surface area contributed by atoms with Crippen molar-refractivity contribution in [3.8, 4) is 20.8 Å². The topological polar surface area (TPSA) is 406 Å². The number of aliphatic carboxylic acids is 1. The predicted molar refractivity (Wildman–Crippen MR) is 444 cm³/mol. The zero-order valence-electron chi connectivity index (χ0n) is 68.9. The second-order valence-electron chi connectivity index (χ2n) is 32.0. The molecule has 0 spiro atoms. The summed E-state index contributed by atoms with van der Waals surface area (Å²) >= 11 is 5.53. The largest absolute Gasteiger partial charge is 0.478 e. The van der Waals surface area contributed by atoms with E-state index in [2.05, 4.69) is 46.0 Å². The number of carboxylic acid groups (broad SMARTS) is 1. The number of methoxy groups -OCH3 is 1. The Kier molecular flexibility index (Phi) is 27.9. The minimum absolute atomic E-state index is 0.0637. The molecule has 5 aliphatic heterocycles. The summed E-state index contributed by atoms with van der Waals surface area (Å²) in [6, 6.07) is 4.19. The van der Waals surface area contributed by atoms with Gasteiger partial charge in [0, 0.05) is 106 Å². The number of hydrogen-bond acceptors (Lipinski definition) is 28. The number of likely N-dealkylation sites (N-methyl/N-ethyl adjacent to an activating group) is 2. The number of carbonyl (C=O) groups excluding carboxylic acids is 8. The molecule has 8 amide bonds. The molecule has 16 rings (SSSR count). The third kappa shape index (κ3) is 23.6. The Bertz CT molecular complexity index is 5190. The van der Waals surface area contributed by atoms with E-state index in [1.165, 1.54) is 92.9 Å². The van der Waals surface area contributed by atoms with E-state index >= 15 is 0 Å². The summed E-state index contributed by atoms with van der Waals surface area (Å²) in [5, 5.41) is 31.4. The fourth-order valence-corrected chi connectivity index (χ4v) is 16.7. The highest BCUT2D eigenvalue weighted by atomic mass is 32.1. The van der Waals surface area contributed by atoms with Gasteiger partial charge in [0.05, 0.1) is 114 Å². The molecule has 654 valence electrons. The summed E-state index contributed by atoms with van der Waals surface area (Å²) in [5.41, 5.74) is 4.74. The molecule has 10 heterocycles. The molecule has 5 N–H and O–H groups in total. The number of fused-ring (bicyclic) bond motifs is 4. The molecule has 2 atom stereocenters. The van der Waals surface area contributed by atoms with Gasteiger partial charge < -0.3 is 84.0 Å². The lowest BCUT2D eigenvalue weighted by atomic mass is 10.0. The molecule has 123 heavy (non-hydrogen) atoms. The minimum atomic E-state index is -0.912. The molecule has 9 aliphatic rings. The number of carboxylic acids is 1. The first-order chi connectivity index (χ1) is 58.2. The number of hydrazone groups is 1. The van der Waals surface area contributed by atoms with Gasteiger partial charge in [-0.3, -0.25) is 14.2 Å². The van der Waals surface area contributed by atoms with Crippen LogP contribution in [-0.2, 0) is 63.8 Å². The van der Waals surface area contributed by atoms with E-state index in [0.717, 1.165) is 78.3 Å². The summed E-state index contributed by atoms with van der Waals surface area (Å²) in [6.07, 6.45) is 14.8. The van der Waals surface area contributed by atoms with Crippen molar-refractivity contribution in [1.82, 2.24) is 70.0 Å². The second kappa shape index (κ2) is 38.1. The lowest BCUT2D eigenvalue weighted by Crippen LogP contribution is -2.58. The number of benzene rings is 2. The van der Waals surface area contributed by atoms with Gasteiger partial charge in [0.1, 0.15) is 70.8 Å². The SMILES string of the molecule is CC(C)(C)OC(=O)N1CC(Oc2nc3c(s2)C=C(C(=O)O)C3)C1.CNC(=O)C1=Cc2sc(OC3CN(C(=O)N4N=CC[C@H]4c4cc(F)cc(F)c4)C3)nc2C1.CNC(=O)C1=Cc2sc(OC3CN(C(=O)OC(C)(C)C)C3)nc2C1.COC(=O)C1=Cc2sc(OC3CN(C(=O)OC(C)(C)C)C3)nc2C1.N=CC[C@H](NC(=O)n1ccnc1)c1cc(F)cc(F)c1. The maximum absolute atomic E-state index is 13.6. The molecule has 0 saturated carbocycles. The van der Waals surface area contributed by atoms with Crippen molar-refractivity contribution in [2.45, 2.75) is 154 Å². The number of aromatic nitrogens is 6. The van der Waals surface area contributed by atoms with E-state index in [1.54, 1.807) is 52.1 Å². The highest BCUT2D eigenvalue weighted by molar-refractivity contribution is 7.15. The van der Waals surface area contributed by atoms with Crippen LogP contribution in [0.4, 0.5) is 41.5 Å². The van der Waals surface area contributed by atoms with E-state index in [1.807, 2.05) is 74.5 Å². The third-order valence-electron chi connectivity index (χ3n) is 18.9. The van der Waals surface area contributed by atoms with Crippen molar-refractivity contribution < 1.29 is 104 Å². The van der Waals surface area contributed by atoms with Gasteiger partial charge >= 0.3 is 42.3 Å². The van der Waals surface area contributed by atoms with Gasteiger partial charge in [0.15, 0.2) is 0 Å². The molecule has 5 aromatic heterocycles. The average Bonchev–Trinajstić information content (AvgIpc) is 1.20. The van der Waals surface area contributed by atoms with E-state index in [-0.39, 0.29) is 78.5 Å². The van der Waals surface area contributed by atoms with Crippen LogP contribution >= 0.6 is 45.3 Å². The zero-order valence-corrected chi connectivity index (χ0v) is 72.2. The van der Waals surface area contributed by atoms with Crippen LogP contribution in [0.1, 0.15) is 141 Å². The first kappa shape index (κ1) is 90.1. The Morgan fingerprint density at radius 3 is 1.25 bits per heavy atom. The number of urea groups is 1. The first-order valence-corrected chi connectivity index (χ1v) is 42.0. The summed E-state index contributed by atoms with van der Waals surface area (Å²) in [7, 11) is 4.57. The van der Waals surface area contributed by atoms with Gasteiger partial charge in [-0.1, -0.05) is 45.3 Å². The molecule has 4 aliphatic carbocycles. The lowest BCUT2D eigenvalue weighted by Gasteiger charge is -2.40. The van der Waals surface area contributed by atoms with Crippen LogP contribution < -0.4 is 34.9 Å². The van der Waals surface area contributed by atoms with E-state index in [4.69, 9.17) is 48.4 Å².